The predicted octanol–water partition coefficient (Wildman–Crippen LogP) is 4.95. The molecule has 1 aliphatic rings. The number of amides is 1. The van der Waals surface area contributed by atoms with Crippen LogP contribution < -0.4 is 5.32 Å². The van der Waals surface area contributed by atoms with Gasteiger partial charge in [-0.3, -0.25) is 4.79 Å². The number of halogens is 1. The van der Waals surface area contributed by atoms with E-state index in [1.807, 2.05) is 0 Å². The van der Waals surface area contributed by atoms with Gasteiger partial charge in [0, 0.05) is 27.8 Å². The summed E-state index contributed by atoms with van der Waals surface area (Å²) >= 11 is 7.12. The number of nitrogens with one attached hydrogen (secondary N) is 1. The fraction of sp³-hybridized carbons (Fsp3) is 0.100. The number of aromatic hydroxyl groups is 1. The highest BCUT2D eigenvalue weighted by Crippen LogP contribution is 2.49. The van der Waals surface area contributed by atoms with E-state index in [9.17, 15) is 19.8 Å². The van der Waals surface area contributed by atoms with Crippen LogP contribution in [0, 0.1) is 0 Å². The number of carbonyl (C=O) groups is 2. The quantitative estimate of drug-likeness (QED) is 0.581. The third-order valence-corrected chi connectivity index (χ3v) is 6.07. The Bertz CT molecular complexity index is 1040. The molecule has 7 heteroatoms. The molecule has 1 unspecified atom stereocenters. The molecule has 1 aromatic heterocycles. The van der Waals surface area contributed by atoms with Gasteiger partial charge in [-0.2, -0.15) is 0 Å². The summed E-state index contributed by atoms with van der Waals surface area (Å²) in [7, 11) is 0. The molecule has 0 bridgehead atoms. The van der Waals surface area contributed by atoms with Crippen LogP contribution in [0.5, 0.6) is 5.75 Å². The van der Waals surface area contributed by atoms with Gasteiger partial charge in [-0.1, -0.05) is 35.9 Å². The van der Waals surface area contributed by atoms with E-state index in [1.165, 1.54) is 11.3 Å². The Labute approximate surface area is 163 Å². The predicted molar refractivity (Wildman–Crippen MR) is 105 cm³/mol. The van der Waals surface area contributed by atoms with Crippen LogP contribution in [0.3, 0.4) is 0 Å². The highest BCUT2D eigenvalue weighted by atomic mass is 35.5. The van der Waals surface area contributed by atoms with Crippen LogP contribution in [0.25, 0.3) is 11.1 Å². The zero-order valence-electron chi connectivity index (χ0n) is 13.9. The van der Waals surface area contributed by atoms with E-state index in [1.54, 1.807) is 48.5 Å². The van der Waals surface area contributed by atoms with Crippen molar-refractivity contribution in [2.75, 3.05) is 5.32 Å². The summed E-state index contributed by atoms with van der Waals surface area (Å²) in [5, 5.41) is 22.7. The normalized spacial score (nSPS) is 15.9. The number of carboxylic acids is 1. The van der Waals surface area contributed by atoms with Crippen LogP contribution in [-0.2, 0) is 4.79 Å². The topological polar surface area (TPSA) is 86.6 Å². The van der Waals surface area contributed by atoms with Gasteiger partial charge < -0.3 is 15.5 Å². The van der Waals surface area contributed by atoms with E-state index in [0.29, 0.717) is 21.8 Å². The lowest BCUT2D eigenvalue weighted by molar-refractivity contribution is -0.116. The maximum Gasteiger partial charge on any atom is 0.346 e. The molecule has 0 fully saturated rings. The van der Waals surface area contributed by atoms with E-state index in [-0.39, 0.29) is 28.9 Å². The second-order valence-corrected chi connectivity index (χ2v) is 7.74. The standard InChI is InChI=1S/C20H14ClNO4S/c21-12-5-1-11(2-6-12)16-17-18(27-19(16)20(25)26)14(9-15(24)22-17)10-3-7-13(23)8-4-10/h1-8,14,23H,9H2,(H,22,24)(H,25,26). The number of rotatable bonds is 3. The molecule has 2 aromatic carbocycles. The number of phenolic OH excluding ortho intramolecular Hbond substituents is 1. The SMILES string of the molecule is O=C1CC(c2ccc(O)cc2)c2sc(C(=O)O)c(-c3ccc(Cl)cc3)c2N1. The Balaban J connectivity index is 1.92. The van der Waals surface area contributed by atoms with Gasteiger partial charge in [-0.05, 0) is 35.4 Å². The van der Waals surface area contributed by atoms with Crippen molar-refractivity contribution in [3.63, 3.8) is 0 Å². The molecule has 1 amide bonds. The molecule has 1 aliphatic heterocycles. The summed E-state index contributed by atoms with van der Waals surface area (Å²) in [6.45, 7) is 0. The number of hydrogen-bond donors (Lipinski definition) is 3. The van der Waals surface area contributed by atoms with Crippen LogP contribution in [0.4, 0.5) is 5.69 Å². The van der Waals surface area contributed by atoms with E-state index in [2.05, 4.69) is 5.32 Å². The number of carbonyl (C=O) groups excluding carboxylic acids is 1. The van der Waals surface area contributed by atoms with Gasteiger partial charge >= 0.3 is 5.97 Å². The van der Waals surface area contributed by atoms with Gasteiger partial charge in [0.05, 0.1) is 5.69 Å². The number of fused-ring (bicyclic) bond motifs is 1. The Morgan fingerprint density at radius 2 is 1.78 bits per heavy atom. The molecule has 3 aromatic rings. The summed E-state index contributed by atoms with van der Waals surface area (Å²) in [5.74, 6) is -1.35. The first-order chi connectivity index (χ1) is 12.9. The fourth-order valence-corrected chi connectivity index (χ4v) is 4.68. The zero-order valence-corrected chi connectivity index (χ0v) is 15.5. The zero-order chi connectivity index (χ0) is 19.1. The minimum absolute atomic E-state index is 0.137. The molecular formula is C20H14ClNO4S. The van der Waals surface area contributed by atoms with Crippen molar-refractivity contribution >= 4 is 40.5 Å². The molecule has 0 saturated carbocycles. The highest BCUT2D eigenvalue weighted by molar-refractivity contribution is 7.15. The van der Waals surface area contributed by atoms with Crippen molar-refractivity contribution in [2.24, 2.45) is 0 Å². The number of carboxylic acid groups (broad SMARTS) is 1. The first kappa shape index (κ1) is 17.6. The number of anilines is 1. The Hall–Kier alpha value is -2.83. The molecule has 0 spiro atoms. The van der Waals surface area contributed by atoms with Crippen molar-refractivity contribution in [1.82, 2.24) is 0 Å². The van der Waals surface area contributed by atoms with Crippen molar-refractivity contribution < 1.29 is 19.8 Å². The molecule has 0 saturated heterocycles. The van der Waals surface area contributed by atoms with E-state index >= 15 is 0 Å². The van der Waals surface area contributed by atoms with Gasteiger partial charge in [0.1, 0.15) is 10.6 Å². The molecule has 136 valence electrons. The van der Waals surface area contributed by atoms with Crippen molar-refractivity contribution in [2.45, 2.75) is 12.3 Å². The lowest BCUT2D eigenvalue weighted by Crippen LogP contribution is -2.22. The summed E-state index contributed by atoms with van der Waals surface area (Å²) in [6.07, 6.45) is 0.220. The molecule has 1 atom stereocenters. The van der Waals surface area contributed by atoms with Gasteiger partial charge in [0.25, 0.3) is 0 Å². The fourth-order valence-electron chi connectivity index (χ4n) is 3.31. The first-order valence-electron chi connectivity index (χ1n) is 8.18. The number of benzene rings is 2. The van der Waals surface area contributed by atoms with Crippen molar-refractivity contribution in [1.29, 1.82) is 0 Å². The largest absolute Gasteiger partial charge is 0.508 e. The molecule has 4 rings (SSSR count). The molecule has 27 heavy (non-hydrogen) atoms. The smallest absolute Gasteiger partial charge is 0.346 e. The van der Waals surface area contributed by atoms with E-state index < -0.39 is 5.97 Å². The number of hydrogen-bond acceptors (Lipinski definition) is 4. The third kappa shape index (κ3) is 3.18. The third-order valence-electron chi connectivity index (χ3n) is 4.53. The average Bonchev–Trinajstić information content (AvgIpc) is 3.02. The molecule has 5 nitrogen and oxygen atoms in total. The summed E-state index contributed by atoms with van der Waals surface area (Å²) in [6, 6.07) is 13.5. The van der Waals surface area contributed by atoms with Crippen LogP contribution in [0.1, 0.15) is 32.5 Å². The maximum absolute atomic E-state index is 12.4. The van der Waals surface area contributed by atoms with Crippen LogP contribution >= 0.6 is 22.9 Å². The summed E-state index contributed by atoms with van der Waals surface area (Å²) in [4.78, 5) is 25.2. The second-order valence-electron chi connectivity index (χ2n) is 6.25. The lowest BCUT2D eigenvalue weighted by Gasteiger charge is -2.24. The number of phenols is 1. The van der Waals surface area contributed by atoms with Gasteiger partial charge in [-0.15, -0.1) is 11.3 Å². The maximum atomic E-state index is 12.4. The van der Waals surface area contributed by atoms with Crippen molar-refractivity contribution in [3.05, 3.63) is 68.9 Å². The van der Waals surface area contributed by atoms with Crippen molar-refractivity contribution in [3.8, 4) is 16.9 Å². The van der Waals surface area contributed by atoms with Crippen LogP contribution in [-0.4, -0.2) is 22.1 Å². The van der Waals surface area contributed by atoms with Crippen LogP contribution in [0.15, 0.2) is 48.5 Å². The number of aromatic carboxylic acids is 1. The Morgan fingerprint density at radius 1 is 1.11 bits per heavy atom. The average molecular weight is 400 g/mol. The van der Waals surface area contributed by atoms with E-state index in [4.69, 9.17) is 11.6 Å². The molecular weight excluding hydrogens is 386 g/mol. The molecule has 3 N–H and O–H groups in total. The monoisotopic (exact) mass is 399 g/mol. The summed E-state index contributed by atoms with van der Waals surface area (Å²) < 4.78 is 0. The molecule has 0 radical (unpaired) electrons. The van der Waals surface area contributed by atoms with Gasteiger partial charge in [0.2, 0.25) is 5.91 Å². The lowest BCUT2D eigenvalue weighted by atomic mass is 9.88. The first-order valence-corrected chi connectivity index (χ1v) is 9.38. The van der Waals surface area contributed by atoms with Gasteiger partial charge in [0.15, 0.2) is 0 Å². The molecule has 0 aliphatic carbocycles. The van der Waals surface area contributed by atoms with Crippen LogP contribution in [0.2, 0.25) is 5.02 Å². The minimum Gasteiger partial charge on any atom is -0.508 e. The summed E-state index contributed by atoms with van der Waals surface area (Å²) in [5.41, 5.74) is 2.57. The Morgan fingerprint density at radius 3 is 2.41 bits per heavy atom. The van der Waals surface area contributed by atoms with Gasteiger partial charge in [-0.25, -0.2) is 4.79 Å². The Kier molecular flexibility index (Phi) is 4.37. The second kappa shape index (κ2) is 6.72. The van der Waals surface area contributed by atoms with E-state index in [0.717, 1.165) is 10.4 Å². The number of thiophene rings is 1. The minimum atomic E-state index is -1.04. The molecule has 2 heterocycles. The highest BCUT2D eigenvalue weighted by Gasteiger charge is 2.34.